The van der Waals surface area contributed by atoms with Gasteiger partial charge in [-0.25, -0.2) is 0 Å². The molecule has 0 saturated heterocycles. The van der Waals surface area contributed by atoms with Gasteiger partial charge in [-0.3, -0.25) is 9.48 Å². The molecule has 0 aromatic carbocycles. The van der Waals surface area contributed by atoms with Crippen molar-refractivity contribution in [3.8, 4) is 6.07 Å². The first-order chi connectivity index (χ1) is 7.16. The van der Waals surface area contributed by atoms with Crippen molar-refractivity contribution in [3.63, 3.8) is 0 Å². The normalized spacial score (nSPS) is 25.5. The Bertz CT molecular complexity index is 429. The smallest absolute Gasteiger partial charge is 0.153 e. The molecular weight excluding hydrogens is 190 g/mol. The van der Waals surface area contributed by atoms with E-state index in [2.05, 4.69) is 11.2 Å². The van der Waals surface area contributed by atoms with Crippen molar-refractivity contribution in [2.45, 2.75) is 25.7 Å². The highest BCUT2D eigenvalue weighted by molar-refractivity contribution is 5.89. The molecule has 1 aliphatic carbocycles. The van der Waals surface area contributed by atoms with Crippen molar-refractivity contribution in [3.05, 3.63) is 18.0 Å². The zero-order valence-electron chi connectivity index (χ0n) is 8.73. The molecule has 78 valence electrons. The van der Waals surface area contributed by atoms with Gasteiger partial charge < -0.3 is 0 Å². The third kappa shape index (κ3) is 1.65. The van der Waals surface area contributed by atoms with E-state index in [1.54, 1.807) is 4.68 Å². The average Bonchev–Trinajstić information content (AvgIpc) is 2.76. The zero-order chi connectivity index (χ0) is 10.9. The van der Waals surface area contributed by atoms with E-state index in [-0.39, 0.29) is 5.78 Å². The first-order valence-electron chi connectivity index (χ1n) is 5.09. The standard InChI is InChI=1S/C11H13N3O/c1-14-6-4-9(13-14)7-11(8-12)5-2-3-10(11)15/h4,6H,2-3,5,7H2,1H3. The van der Waals surface area contributed by atoms with Crippen LogP contribution in [-0.2, 0) is 18.3 Å². The number of hydrogen-bond donors (Lipinski definition) is 0. The van der Waals surface area contributed by atoms with E-state index in [0.29, 0.717) is 19.3 Å². The van der Waals surface area contributed by atoms with Crippen LogP contribution in [0, 0.1) is 16.7 Å². The maximum absolute atomic E-state index is 11.7. The Kier molecular flexibility index (Phi) is 2.31. The van der Waals surface area contributed by atoms with E-state index in [0.717, 1.165) is 12.1 Å². The number of nitrogens with zero attached hydrogens (tertiary/aromatic N) is 3. The molecule has 4 nitrogen and oxygen atoms in total. The van der Waals surface area contributed by atoms with Crippen molar-refractivity contribution in [2.75, 3.05) is 0 Å². The zero-order valence-corrected chi connectivity index (χ0v) is 8.73. The minimum atomic E-state index is -0.797. The summed E-state index contributed by atoms with van der Waals surface area (Å²) in [7, 11) is 1.83. The SMILES string of the molecule is Cn1ccc(CC2(C#N)CCCC2=O)n1. The van der Waals surface area contributed by atoms with Crippen LogP contribution in [-0.4, -0.2) is 15.6 Å². The van der Waals surface area contributed by atoms with E-state index in [9.17, 15) is 4.79 Å². The van der Waals surface area contributed by atoms with Gasteiger partial charge in [0.1, 0.15) is 5.41 Å². The summed E-state index contributed by atoms with van der Waals surface area (Å²) in [6.07, 6.45) is 4.35. The lowest BCUT2D eigenvalue weighted by atomic mass is 9.82. The van der Waals surface area contributed by atoms with Gasteiger partial charge in [-0.05, 0) is 18.9 Å². The second-order valence-electron chi connectivity index (χ2n) is 4.13. The van der Waals surface area contributed by atoms with E-state index >= 15 is 0 Å². The lowest BCUT2D eigenvalue weighted by Gasteiger charge is -2.16. The highest BCUT2D eigenvalue weighted by atomic mass is 16.1. The van der Waals surface area contributed by atoms with E-state index < -0.39 is 5.41 Å². The Hall–Kier alpha value is -1.63. The number of ketones is 1. The molecule has 1 heterocycles. The van der Waals surface area contributed by atoms with Crippen LogP contribution in [0.1, 0.15) is 25.0 Å². The van der Waals surface area contributed by atoms with Crippen molar-refractivity contribution < 1.29 is 4.79 Å². The predicted molar refractivity (Wildman–Crippen MR) is 53.8 cm³/mol. The lowest BCUT2D eigenvalue weighted by molar-refractivity contribution is -0.123. The van der Waals surface area contributed by atoms with Crippen LogP contribution in [0.3, 0.4) is 0 Å². The molecular formula is C11H13N3O. The molecule has 4 heteroatoms. The summed E-state index contributed by atoms with van der Waals surface area (Å²) in [6.45, 7) is 0. The molecule has 0 aliphatic heterocycles. The molecule has 15 heavy (non-hydrogen) atoms. The van der Waals surface area contributed by atoms with Crippen LogP contribution in [0.25, 0.3) is 0 Å². The van der Waals surface area contributed by atoms with Gasteiger partial charge in [0.25, 0.3) is 0 Å². The summed E-state index contributed by atoms with van der Waals surface area (Å²) in [5.74, 6) is 0.0793. The molecule has 1 unspecified atom stereocenters. The van der Waals surface area contributed by atoms with Crippen molar-refractivity contribution >= 4 is 5.78 Å². The van der Waals surface area contributed by atoms with Crippen molar-refractivity contribution in [2.24, 2.45) is 12.5 Å². The fourth-order valence-corrected chi connectivity index (χ4v) is 2.14. The molecule has 1 aromatic heterocycles. The number of nitriles is 1. The number of Topliss-reactive ketones (excluding diaryl/α,β-unsaturated/α-hetero) is 1. The van der Waals surface area contributed by atoms with Crippen LogP contribution >= 0.6 is 0 Å². The summed E-state index contributed by atoms with van der Waals surface area (Å²) < 4.78 is 1.69. The quantitative estimate of drug-likeness (QED) is 0.726. The second-order valence-corrected chi connectivity index (χ2v) is 4.13. The molecule has 0 N–H and O–H groups in total. The number of aryl methyl sites for hydroxylation is 1. The van der Waals surface area contributed by atoms with Gasteiger partial charge in [0, 0.05) is 26.1 Å². The number of carbonyl (C=O) groups excluding carboxylic acids is 1. The molecule has 0 spiro atoms. The van der Waals surface area contributed by atoms with Gasteiger partial charge in [0.15, 0.2) is 5.78 Å². The Morgan fingerprint density at radius 3 is 3.00 bits per heavy atom. The summed E-state index contributed by atoms with van der Waals surface area (Å²) in [5, 5.41) is 13.4. The molecule has 0 radical (unpaired) electrons. The molecule has 1 atom stereocenters. The molecule has 2 rings (SSSR count). The predicted octanol–water partition coefficient (Wildman–Crippen LogP) is 1.23. The number of hydrogen-bond acceptors (Lipinski definition) is 3. The molecule has 1 aliphatic rings. The summed E-state index contributed by atoms with van der Waals surface area (Å²) in [6, 6.07) is 4.05. The third-order valence-electron chi connectivity index (χ3n) is 3.01. The van der Waals surface area contributed by atoms with Gasteiger partial charge in [-0.2, -0.15) is 10.4 Å². The van der Waals surface area contributed by atoms with Gasteiger partial charge in [0.2, 0.25) is 0 Å². The fraction of sp³-hybridized carbons (Fsp3) is 0.545. The van der Waals surface area contributed by atoms with Crippen molar-refractivity contribution in [1.29, 1.82) is 5.26 Å². The molecule has 1 fully saturated rings. The van der Waals surface area contributed by atoms with Crippen LogP contribution < -0.4 is 0 Å². The first kappa shape index (κ1) is 9.91. The van der Waals surface area contributed by atoms with Crippen LogP contribution in [0.5, 0.6) is 0 Å². The Balaban J connectivity index is 2.23. The van der Waals surface area contributed by atoms with Crippen LogP contribution in [0.15, 0.2) is 12.3 Å². The molecule has 0 amide bonds. The van der Waals surface area contributed by atoms with E-state index in [4.69, 9.17) is 5.26 Å². The van der Waals surface area contributed by atoms with Crippen LogP contribution in [0.4, 0.5) is 0 Å². The summed E-state index contributed by atoms with van der Waals surface area (Å²) in [5.41, 5.74) is 0.0308. The number of rotatable bonds is 2. The lowest BCUT2D eigenvalue weighted by Crippen LogP contribution is -2.26. The maximum atomic E-state index is 11.7. The monoisotopic (exact) mass is 203 g/mol. The molecule has 1 aromatic rings. The third-order valence-corrected chi connectivity index (χ3v) is 3.01. The minimum Gasteiger partial charge on any atom is -0.298 e. The Labute approximate surface area is 88.5 Å². The number of carbonyl (C=O) groups is 1. The minimum absolute atomic E-state index is 0.0793. The van der Waals surface area contributed by atoms with Gasteiger partial charge in [0.05, 0.1) is 11.8 Å². The maximum Gasteiger partial charge on any atom is 0.153 e. The Morgan fingerprint density at radius 1 is 1.73 bits per heavy atom. The van der Waals surface area contributed by atoms with Crippen LogP contribution in [0.2, 0.25) is 0 Å². The van der Waals surface area contributed by atoms with E-state index in [1.807, 2.05) is 19.3 Å². The van der Waals surface area contributed by atoms with Crippen molar-refractivity contribution in [1.82, 2.24) is 9.78 Å². The largest absolute Gasteiger partial charge is 0.298 e. The second kappa shape index (κ2) is 3.50. The summed E-state index contributed by atoms with van der Waals surface area (Å²) in [4.78, 5) is 11.7. The first-order valence-corrected chi connectivity index (χ1v) is 5.09. The number of aromatic nitrogens is 2. The van der Waals surface area contributed by atoms with Gasteiger partial charge in [-0.15, -0.1) is 0 Å². The van der Waals surface area contributed by atoms with E-state index in [1.165, 1.54) is 0 Å². The Morgan fingerprint density at radius 2 is 2.53 bits per heavy atom. The highest BCUT2D eigenvalue weighted by Gasteiger charge is 2.42. The average molecular weight is 203 g/mol. The van der Waals surface area contributed by atoms with Gasteiger partial charge >= 0.3 is 0 Å². The highest BCUT2D eigenvalue weighted by Crippen LogP contribution is 2.36. The summed E-state index contributed by atoms with van der Waals surface area (Å²) >= 11 is 0. The van der Waals surface area contributed by atoms with Gasteiger partial charge in [-0.1, -0.05) is 0 Å². The molecule has 0 bridgehead atoms. The fourth-order valence-electron chi connectivity index (χ4n) is 2.14. The topological polar surface area (TPSA) is 58.7 Å². The molecule has 1 saturated carbocycles.